The lowest BCUT2D eigenvalue weighted by molar-refractivity contribution is -0.121. The Morgan fingerprint density at radius 3 is 2.75 bits per heavy atom. The number of hydrogen-bond donors (Lipinski definition) is 2. The topological polar surface area (TPSA) is 98.6 Å². The molecule has 0 saturated heterocycles. The Morgan fingerprint density at radius 2 is 2.08 bits per heavy atom. The van der Waals surface area contributed by atoms with Crippen LogP contribution in [0.2, 0.25) is 0 Å². The average Bonchev–Trinajstić information content (AvgIpc) is 2.53. The first-order chi connectivity index (χ1) is 11.4. The third-order valence-electron chi connectivity index (χ3n) is 3.93. The molecular formula is C18H20N4O2. The van der Waals surface area contributed by atoms with E-state index in [1.807, 2.05) is 31.2 Å². The molecule has 0 aliphatic carbocycles. The lowest BCUT2D eigenvalue weighted by atomic mass is 9.99. The Labute approximate surface area is 140 Å². The summed E-state index contributed by atoms with van der Waals surface area (Å²) in [5, 5.41) is 11.9. The third kappa shape index (κ3) is 4.07. The van der Waals surface area contributed by atoms with Crippen LogP contribution >= 0.6 is 0 Å². The van der Waals surface area contributed by atoms with Crippen LogP contribution in [0.5, 0.6) is 0 Å². The maximum atomic E-state index is 12.0. The van der Waals surface area contributed by atoms with Gasteiger partial charge in [0.2, 0.25) is 5.91 Å². The minimum Gasteiger partial charge on any atom is -0.350 e. The van der Waals surface area contributed by atoms with E-state index in [0.29, 0.717) is 24.2 Å². The Kier molecular flexibility index (Phi) is 5.48. The zero-order chi connectivity index (χ0) is 17.7. The first-order valence-electron chi connectivity index (χ1n) is 7.74. The molecule has 0 spiro atoms. The zero-order valence-corrected chi connectivity index (χ0v) is 14.1. The van der Waals surface area contributed by atoms with Crippen molar-refractivity contribution >= 4 is 5.91 Å². The van der Waals surface area contributed by atoms with Crippen molar-refractivity contribution in [2.24, 2.45) is 0 Å². The lowest BCUT2D eigenvalue weighted by Gasteiger charge is -2.11. The van der Waals surface area contributed by atoms with Crippen molar-refractivity contribution in [3.8, 4) is 6.07 Å². The molecule has 6 nitrogen and oxygen atoms in total. The van der Waals surface area contributed by atoms with Crippen molar-refractivity contribution in [1.82, 2.24) is 15.3 Å². The fourth-order valence-corrected chi connectivity index (χ4v) is 2.63. The minimum atomic E-state index is -0.383. The van der Waals surface area contributed by atoms with E-state index in [9.17, 15) is 9.59 Å². The highest BCUT2D eigenvalue weighted by molar-refractivity contribution is 5.76. The van der Waals surface area contributed by atoms with Crippen molar-refractivity contribution in [2.45, 2.75) is 40.2 Å². The van der Waals surface area contributed by atoms with E-state index in [4.69, 9.17) is 5.26 Å². The number of hydrogen-bond acceptors (Lipinski definition) is 4. The minimum absolute atomic E-state index is 0.0955. The van der Waals surface area contributed by atoms with Gasteiger partial charge in [-0.05, 0) is 50.5 Å². The number of carbonyl (C=O) groups is 1. The summed E-state index contributed by atoms with van der Waals surface area (Å²) in [5.41, 5.74) is 3.63. The average molecular weight is 324 g/mol. The fraction of sp³-hybridized carbons (Fsp3) is 0.333. The predicted octanol–water partition coefficient (Wildman–Crippen LogP) is 1.82. The van der Waals surface area contributed by atoms with Crippen molar-refractivity contribution in [3.05, 3.63) is 62.3 Å². The predicted molar refractivity (Wildman–Crippen MR) is 90.4 cm³/mol. The number of aromatic nitrogens is 2. The number of nitrogens with one attached hydrogen (secondary N) is 2. The summed E-state index contributed by atoms with van der Waals surface area (Å²) in [6, 6.07) is 7.59. The van der Waals surface area contributed by atoms with Gasteiger partial charge in [-0.25, -0.2) is 0 Å². The van der Waals surface area contributed by atoms with Crippen molar-refractivity contribution in [1.29, 1.82) is 5.26 Å². The van der Waals surface area contributed by atoms with Crippen LogP contribution in [-0.4, -0.2) is 15.9 Å². The first-order valence-corrected chi connectivity index (χ1v) is 7.74. The Balaban J connectivity index is 2.00. The molecule has 0 unspecified atom stereocenters. The molecule has 0 aromatic carbocycles. The summed E-state index contributed by atoms with van der Waals surface area (Å²) in [6.07, 6.45) is 0.751. The van der Waals surface area contributed by atoms with Crippen LogP contribution in [0.1, 0.15) is 40.2 Å². The summed E-state index contributed by atoms with van der Waals surface area (Å²) >= 11 is 0. The van der Waals surface area contributed by atoms with Gasteiger partial charge in [0.25, 0.3) is 5.56 Å². The molecule has 0 fully saturated rings. The number of rotatable bonds is 5. The molecule has 124 valence electrons. The Bertz CT molecular complexity index is 862. The molecule has 0 atom stereocenters. The second kappa shape index (κ2) is 7.55. The van der Waals surface area contributed by atoms with E-state index in [-0.39, 0.29) is 23.5 Å². The van der Waals surface area contributed by atoms with Gasteiger partial charge in [-0.15, -0.1) is 0 Å². The van der Waals surface area contributed by atoms with Gasteiger partial charge >= 0.3 is 0 Å². The normalized spacial score (nSPS) is 10.2. The van der Waals surface area contributed by atoms with E-state index in [0.717, 1.165) is 17.0 Å². The number of carbonyl (C=O) groups excluding carboxylic acids is 1. The number of amides is 1. The smallest absolute Gasteiger partial charge is 0.266 e. The SMILES string of the molecule is Cc1cccc(CNC(=O)CCc2c(C)[nH]c(=O)c(C#N)c2C)n1. The fourth-order valence-electron chi connectivity index (χ4n) is 2.63. The van der Waals surface area contributed by atoms with E-state index in [1.54, 1.807) is 13.8 Å². The van der Waals surface area contributed by atoms with Crippen LogP contribution in [-0.2, 0) is 17.8 Å². The monoisotopic (exact) mass is 324 g/mol. The van der Waals surface area contributed by atoms with Gasteiger partial charge in [-0.3, -0.25) is 14.6 Å². The molecule has 0 saturated carbocycles. The van der Waals surface area contributed by atoms with Gasteiger partial charge in [0.1, 0.15) is 11.6 Å². The van der Waals surface area contributed by atoms with Gasteiger partial charge in [-0.1, -0.05) is 6.07 Å². The number of aromatic amines is 1. The standard InChI is InChI=1S/C18H20N4O2/c1-11-5-4-6-14(21-11)10-20-17(23)8-7-15-12(2)16(9-19)18(24)22-13(15)3/h4-6H,7-8,10H2,1-3H3,(H,20,23)(H,22,24). The van der Waals surface area contributed by atoms with Crippen molar-refractivity contribution in [3.63, 3.8) is 0 Å². The highest BCUT2D eigenvalue weighted by atomic mass is 16.1. The highest BCUT2D eigenvalue weighted by Crippen LogP contribution is 2.14. The lowest BCUT2D eigenvalue weighted by Crippen LogP contribution is -2.24. The van der Waals surface area contributed by atoms with Crippen LogP contribution < -0.4 is 10.9 Å². The molecule has 6 heteroatoms. The number of pyridine rings is 2. The molecule has 2 rings (SSSR count). The Morgan fingerprint density at radius 1 is 1.33 bits per heavy atom. The van der Waals surface area contributed by atoms with E-state index < -0.39 is 0 Å². The van der Waals surface area contributed by atoms with Gasteiger partial charge in [0.15, 0.2) is 0 Å². The maximum absolute atomic E-state index is 12.0. The second-order valence-electron chi connectivity index (χ2n) is 5.72. The molecule has 2 N–H and O–H groups in total. The van der Waals surface area contributed by atoms with Crippen LogP contribution in [0.25, 0.3) is 0 Å². The quantitative estimate of drug-likeness (QED) is 0.876. The molecule has 2 aromatic heterocycles. The largest absolute Gasteiger partial charge is 0.350 e. The Hall–Kier alpha value is -2.94. The first kappa shape index (κ1) is 17.4. The summed E-state index contributed by atoms with van der Waals surface area (Å²) in [4.78, 5) is 30.7. The van der Waals surface area contributed by atoms with Crippen LogP contribution in [0.3, 0.4) is 0 Å². The van der Waals surface area contributed by atoms with Crippen LogP contribution in [0, 0.1) is 32.1 Å². The molecule has 2 aromatic rings. The number of aryl methyl sites for hydroxylation is 2. The summed E-state index contributed by atoms with van der Waals surface area (Å²) in [5.74, 6) is -0.0955. The summed E-state index contributed by atoms with van der Waals surface area (Å²) < 4.78 is 0. The van der Waals surface area contributed by atoms with Crippen LogP contribution in [0.4, 0.5) is 0 Å². The highest BCUT2D eigenvalue weighted by Gasteiger charge is 2.13. The molecule has 1 amide bonds. The number of nitriles is 1. The van der Waals surface area contributed by atoms with Gasteiger partial charge < -0.3 is 10.3 Å². The summed E-state index contributed by atoms with van der Waals surface area (Å²) in [7, 11) is 0. The van der Waals surface area contributed by atoms with Gasteiger partial charge in [-0.2, -0.15) is 5.26 Å². The molecule has 0 aliphatic heterocycles. The van der Waals surface area contributed by atoms with E-state index in [2.05, 4.69) is 15.3 Å². The molecular weight excluding hydrogens is 304 g/mol. The third-order valence-corrected chi connectivity index (χ3v) is 3.93. The molecule has 0 bridgehead atoms. The summed E-state index contributed by atoms with van der Waals surface area (Å²) in [6.45, 7) is 5.80. The van der Waals surface area contributed by atoms with Gasteiger partial charge in [0, 0.05) is 17.8 Å². The molecule has 24 heavy (non-hydrogen) atoms. The molecule has 2 heterocycles. The van der Waals surface area contributed by atoms with Gasteiger partial charge in [0.05, 0.1) is 12.2 Å². The van der Waals surface area contributed by atoms with Crippen LogP contribution in [0.15, 0.2) is 23.0 Å². The van der Waals surface area contributed by atoms with E-state index in [1.165, 1.54) is 0 Å². The van der Waals surface area contributed by atoms with E-state index >= 15 is 0 Å². The number of nitrogens with zero attached hydrogens (tertiary/aromatic N) is 2. The van der Waals surface area contributed by atoms with Crippen molar-refractivity contribution < 1.29 is 4.79 Å². The van der Waals surface area contributed by atoms with Crippen molar-refractivity contribution in [2.75, 3.05) is 0 Å². The maximum Gasteiger partial charge on any atom is 0.266 e. The molecule has 0 aliphatic rings. The number of H-pyrrole nitrogens is 1. The molecule has 0 radical (unpaired) electrons. The second-order valence-corrected chi connectivity index (χ2v) is 5.72. The zero-order valence-electron chi connectivity index (χ0n) is 14.1.